The van der Waals surface area contributed by atoms with Gasteiger partial charge in [0.05, 0.1) is 13.2 Å². The lowest BCUT2D eigenvalue weighted by Crippen LogP contribution is -2.52. The molecule has 0 saturated carbocycles. The summed E-state index contributed by atoms with van der Waals surface area (Å²) in [5.41, 5.74) is -1.82. The van der Waals surface area contributed by atoms with E-state index in [2.05, 4.69) is 0 Å². The van der Waals surface area contributed by atoms with Crippen molar-refractivity contribution in [1.82, 2.24) is 4.90 Å². The molecule has 0 aromatic heterocycles. The van der Waals surface area contributed by atoms with E-state index in [4.69, 9.17) is 9.47 Å². The molecule has 0 aromatic rings. The molecule has 6 heteroatoms. The van der Waals surface area contributed by atoms with Crippen LogP contribution in [0.3, 0.4) is 0 Å². The number of Topliss-reactive ketones (excluding diaryl/α,β-unsaturated/α-hetero) is 1. The van der Waals surface area contributed by atoms with Crippen LogP contribution >= 0.6 is 0 Å². The number of ether oxygens (including phenoxy) is 2. The van der Waals surface area contributed by atoms with E-state index in [0.29, 0.717) is 12.8 Å². The Balaban J connectivity index is 2.30. The van der Waals surface area contributed by atoms with E-state index in [-0.39, 0.29) is 12.2 Å². The third-order valence-electron chi connectivity index (χ3n) is 3.60. The first-order valence-corrected chi connectivity index (χ1v) is 6.35. The van der Waals surface area contributed by atoms with Crippen molar-refractivity contribution < 1.29 is 23.9 Å². The van der Waals surface area contributed by atoms with Crippen LogP contribution in [-0.2, 0) is 19.1 Å². The predicted octanol–water partition coefficient (Wildman–Crippen LogP) is 1.27. The van der Waals surface area contributed by atoms with Gasteiger partial charge in [-0.1, -0.05) is 0 Å². The highest BCUT2D eigenvalue weighted by Gasteiger charge is 2.64. The van der Waals surface area contributed by atoms with Gasteiger partial charge in [0.25, 0.3) is 0 Å². The highest BCUT2D eigenvalue weighted by atomic mass is 16.6. The lowest BCUT2D eigenvalue weighted by Gasteiger charge is -2.32. The summed E-state index contributed by atoms with van der Waals surface area (Å²) in [5.74, 6) is -0.630. The number of esters is 1. The SMILES string of the molecule is COC(=O)[C@]12CC[C@H](C(=O)C1)N2C(=O)OC(C)(C)C. The predicted molar refractivity (Wildman–Crippen MR) is 65.5 cm³/mol. The first kappa shape index (κ1) is 13.8. The largest absolute Gasteiger partial charge is 0.467 e. The number of carbonyl (C=O) groups is 3. The third-order valence-corrected chi connectivity index (χ3v) is 3.60. The smallest absolute Gasteiger partial charge is 0.411 e. The summed E-state index contributed by atoms with van der Waals surface area (Å²) in [7, 11) is 1.26. The van der Waals surface area contributed by atoms with Crippen molar-refractivity contribution in [1.29, 1.82) is 0 Å². The molecule has 0 spiro atoms. The van der Waals surface area contributed by atoms with E-state index in [1.165, 1.54) is 12.0 Å². The quantitative estimate of drug-likeness (QED) is 0.670. The van der Waals surface area contributed by atoms with Crippen molar-refractivity contribution in [3.63, 3.8) is 0 Å². The molecule has 1 amide bonds. The van der Waals surface area contributed by atoms with Crippen LogP contribution in [0.1, 0.15) is 40.0 Å². The average Bonchev–Trinajstić information content (AvgIpc) is 2.78. The summed E-state index contributed by atoms with van der Waals surface area (Å²) < 4.78 is 10.1. The Morgan fingerprint density at radius 3 is 2.47 bits per heavy atom. The van der Waals surface area contributed by atoms with Gasteiger partial charge in [0.2, 0.25) is 0 Å². The number of hydrogen-bond acceptors (Lipinski definition) is 5. The van der Waals surface area contributed by atoms with Gasteiger partial charge in [-0.25, -0.2) is 9.59 Å². The highest BCUT2D eigenvalue weighted by molar-refractivity contribution is 6.02. The molecule has 2 aliphatic heterocycles. The summed E-state index contributed by atoms with van der Waals surface area (Å²) in [6, 6.07) is -0.547. The monoisotopic (exact) mass is 269 g/mol. The lowest BCUT2D eigenvalue weighted by atomic mass is 9.87. The van der Waals surface area contributed by atoms with E-state index in [0.717, 1.165) is 0 Å². The molecule has 2 bridgehead atoms. The Kier molecular flexibility index (Phi) is 3.07. The maximum atomic E-state index is 12.2. The number of rotatable bonds is 1. The van der Waals surface area contributed by atoms with Crippen molar-refractivity contribution in [3.05, 3.63) is 0 Å². The topological polar surface area (TPSA) is 72.9 Å². The van der Waals surface area contributed by atoms with Crippen LogP contribution in [0.2, 0.25) is 0 Å². The van der Waals surface area contributed by atoms with E-state index in [1.54, 1.807) is 20.8 Å². The minimum absolute atomic E-state index is 0.0313. The minimum atomic E-state index is -1.15. The molecule has 0 aliphatic carbocycles. The molecule has 2 heterocycles. The van der Waals surface area contributed by atoms with Crippen LogP contribution in [0, 0.1) is 0 Å². The van der Waals surface area contributed by atoms with Crippen LogP contribution in [0.5, 0.6) is 0 Å². The number of ketones is 1. The molecule has 2 atom stereocenters. The first-order chi connectivity index (χ1) is 8.71. The molecule has 2 saturated heterocycles. The fourth-order valence-electron chi connectivity index (χ4n) is 2.88. The lowest BCUT2D eigenvalue weighted by molar-refractivity contribution is -0.152. The fourth-order valence-corrected chi connectivity index (χ4v) is 2.88. The summed E-state index contributed by atoms with van der Waals surface area (Å²) in [6.07, 6.45) is 0.359. The van der Waals surface area contributed by atoms with Gasteiger partial charge in [0.1, 0.15) is 5.60 Å². The maximum Gasteiger partial charge on any atom is 0.411 e. The number of amides is 1. The van der Waals surface area contributed by atoms with Gasteiger partial charge in [0.15, 0.2) is 11.3 Å². The summed E-state index contributed by atoms with van der Waals surface area (Å²) in [6.45, 7) is 5.24. The molecule has 0 aromatic carbocycles. The fraction of sp³-hybridized carbons (Fsp3) is 0.769. The standard InChI is InChI=1S/C13H19NO5/c1-12(2,3)19-11(17)14-8-5-6-13(14,7-9(8)15)10(16)18-4/h8H,5-7H2,1-4H3/t8-,13+/m1/s1. The van der Waals surface area contributed by atoms with Crippen LogP contribution in [0.4, 0.5) is 4.79 Å². The molecule has 0 N–H and O–H groups in total. The molecule has 19 heavy (non-hydrogen) atoms. The van der Waals surface area contributed by atoms with Crippen molar-refractivity contribution in [2.24, 2.45) is 0 Å². The van der Waals surface area contributed by atoms with Crippen molar-refractivity contribution in [2.75, 3.05) is 7.11 Å². The number of hydrogen-bond donors (Lipinski definition) is 0. The van der Waals surface area contributed by atoms with Gasteiger partial charge in [-0.15, -0.1) is 0 Å². The number of fused-ring (bicyclic) bond motifs is 2. The van der Waals surface area contributed by atoms with Crippen molar-refractivity contribution in [2.45, 2.75) is 57.2 Å². The molecule has 6 nitrogen and oxygen atoms in total. The second-order valence-corrected chi connectivity index (χ2v) is 6.07. The van der Waals surface area contributed by atoms with Crippen molar-refractivity contribution in [3.8, 4) is 0 Å². The molecule has 0 radical (unpaired) electrons. The normalized spacial score (nSPS) is 29.6. The number of carbonyl (C=O) groups excluding carboxylic acids is 3. The molecule has 2 rings (SSSR count). The van der Waals surface area contributed by atoms with Crippen LogP contribution < -0.4 is 0 Å². The minimum Gasteiger partial charge on any atom is -0.467 e. The average molecular weight is 269 g/mol. The van der Waals surface area contributed by atoms with Crippen LogP contribution in [0.25, 0.3) is 0 Å². The highest BCUT2D eigenvalue weighted by Crippen LogP contribution is 2.45. The summed E-state index contributed by atoms with van der Waals surface area (Å²) in [4.78, 5) is 37.4. The second-order valence-electron chi connectivity index (χ2n) is 6.07. The third kappa shape index (κ3) is 2.09. The zero-order valence-electron chi connectivity index (χ0n) is 11.7. The molecule has 2 aliphatic rings. The van der Waals surface area contributed by atoms with Gasteiger partial charge in [-0.3, -0.25) is 9.69 Å². The first-order valence-electron chi connectivity index (χ1n) is 6.35. The summed E-state index contributed by atoms with van der Waals surface area (Å²) in [5, 5.41) is 0. The van der Waals surface area contributed by atoms with Gasteiger partial charge in [0, 0.05) is 6.42 Å². The Morgan fingerprint density at radius 1 is 1.37 bits per heavy atom. The van der Waals surface area contributed by atoms with Gasteiger partial charge < -0.3 is 9.47 Å². The maximum absolute atomic E-state index is 12.2. The zero-order valence-corrected chi connectivity index (χ0v) is 11.7. The molecule has 106 valence electrons. The number of nitrogens with zero attached hydrogens (tertiary/aromatic N) is 1. The van der Waals surface area contributed by atoms with Crippen molar-refractivity contribution >= 4 is 17.8 Å². The molecular weight excluding hydrogens is 250 g/mol. The van der Waals surface area contributed by atoms with Crippen LogP contribution in [-0.4, -0.2) is 47.0 Å². The molecule has 2 fully saturated rings. The summed E-state index contributed by atoms with van der Waals surface area (Å²) >= 11 is 0. The molecule has 0 unspecified atom stereocenters. The Hall–Kier alpha value is -1.59. The Morgan fingerprint density at radius 2 is 2.00 bits per heavy atom. The zero-order chi connectivity index (χ0) is 14.4. The Labute approximate surface area is 112 Å². The second kappa shape index (κ2) is 4.21. The number of methoxy groups -OCH3 is 1. The van der Waals surface area contributed by atoms with E-state index in [9.17, 15) is 14.4 Å². The van der Waals surface area contributed by atoms with Gasteiger partial charge in [-0.05, 0) is 33.6 Å². The molecular formula is C13H19NO5. The van der Waals surface area contributed by atoms with Crippen LogP contribution in [0.15, 0.2) is 0 Å². The van der Waals surface area contributed by atoms with Gasteiger partial charge >= 0.3 is 12.1 Å². The van der Waals surface area contributed by atoms with E-state index >= 15 is 0 Å². The van der Waals surface area contributed by atoms with E-state index in [1.807, 2.05) is 0 Å². The van der Waals surface area contributed by atoms with Gasteiger partial charge in [-0.2, -0.15) is 0 Å². The Bertz CT molecular complexity index is 439. The van der Waals surface area contributed by atoms with E-state index < -0.39 is 29.2 Å².